The first-order valence-electron chi connectivity index (χ1n) is 7.11. The molecule has 1 fully saturated rings. The van der Waals surface area contributed by atoms with Gasteiger partial charge in [0, 0.05) is 34.3 Å². The van der Waals surface area contributed by atoms with E-state index in [2.05, 4.69) is 26.1 Å². The Balaban J connectivity index is 2.20. The highest BCUT2D eigenvalue weighted by Crippen LogP contribution is 2.22. The molecule has 0 unspecified atom stereocenters. The molecule has 0 spiro atoms. The number of likely N-dealkylation sites (N-methyl/N-ethyl adjacent to an activating group) is 1. The Morgan fingerprint density at radius 2 is 2.00 bits per heavy atom. The summed E-state index contributed by atoms with van der Waals surface area (Å²) in [5.41, 5.74) is 0. The average Bonchev–Trinajstić information content (AvgIpc) is 2.42. The standard InChI is InChI=1S/C13H25IN2O2S/c1-3-16(4-2)13(17)11-15-8-5-12(6-9-15)7-10-18-19-14/h12H,3-11H2,1-2H3. The van der Waals surface area contributed by atoms with Crippen LogP contribution < -0.4 is 0 Å². The first-order valence-corrected chi connectivity index (χ1v) is 10.4. The van der Waals surface area contributed by atoms with E-state index >= 15 is 0 Å². The van der Waals surface area contributed by atoms with Gasteiger partial charge in [-0.1, -0.05) is 0 Å². The predicted octanol–water partition coefficient (Wildman–Crippen LogP) is 2.97. The van der Waals surface area contributed by atoms with Crippen molar-refractivity contribution < 1.29 is 8.98 Å². The second-order valence-corrected chi connectivity index (χ2v) is 6.40. The molecule has 4 nitrogen and oxygen atoms in total. The molecule has 0 aromatic heterocycles. The number of carbonyl (C=O) groups excluding carboxylic acids is 1. The van der Waals surface area contributed by atoms with Crippen LogP contribution in [-0.2, 0) is 8.98 Å². The monoisotopic (exact) mass is 400 g/mol. The molecule has 112 valence electrons. The third kappa shape index (κ3) is 6.64. The number of nitrogens with zero attached hydrogens (tertiary/aromatic N) is 2. The lowest BCUT2D eigenvalue weighted by molar-refractivity contribution is -0.132. The van der Waals surface area contributed by atoms with E-state index in [1.54, 1.807) is 0 Å². The van der Waals surface area contributed by atoms with Crippen molar-refractivity contribution >= 4 is 36.3 Å². The molecule has 0 atom stereocenters. The fourth-order valence-corrected chi connectivity index (χ4v) is 3.25. The third-order valence-corrected chi connectivity index (χ3v) is 4.85. The quantitative estimate of drug-likeness (QED) is 0.356. The molecular formula is C13H25IN2O2S. The number of piperidine rings is 1. The Bertz CT molecular complexity index is 257. The van der Waals surface area contributed by atoms with Crippen molar-refractivity contribution in [2.45, 2.75) is 33.1 Å². The second kappa shape index (κ2) is 10.2. The molecule has 0 bridgehead atoms. The Morgan fingerprint density at radius 3 is 2.53 bits per heavy atom. The largest absolute Gasteiger partial charge is 0.342 e. The summed E-state index contributed by atoms with van der Waals surface area (Å²) < 4.78 is 5.32. The Labute approximate surface area is 133 Å². The number of likely N-dealkylation sites (tertiary alicyclic amines) is 1. The van der Waals surface area contributed by atoms with E-state index in [4.69, 9.17) is 4.18 Å². The predicted molar refractivity (Wildman–Crippen MR) is 89.3 cm³/mol. The zero-order valence-electron chi connectivity index (χ0n) is 11.9. The van der Waals surface area contributed by atoms with Gasteiger partial charge >= 0.3 is 0 Å². The highest BCUT2D eigenvalue weighted by atomic mass is 127. The normalized spacial score (nSPS) is 17.6. The summed E-state index contributed by atoms with van der Waals surface area (Å²) in [5, 5.41) is 0. The van der Waals surface area contributed by atoms with Crippen molar-refractivity contribution in [2.24, 2.45) is 5.92 Å². The molecule has 6 heteroatoms. The molecule has 1 aliphatic heterocycles. The van der Waals surface area contributed by atoms with E-state index in [0.717, 1.165) is 45.1 Å². The van der Waals surface area contributed by atoms with Crippen LogP contribution in [0.4, 0.5) is 0 Å². The van der Waals surface area contributed by atoms with Gasteiger partial charge in [-0.15, -0.1) is 0 Å². The minimum atomic E-state index is 0.271. The van der Waals surface area contributed by atoms with Crippen LogP contribution in [0.2, 0.25) is 0 Å². The minimum Gasteiger partial charge on any atom is -0.342 e. The van der Waals surface area contributed by atoms with Crippen molar-refractivity contribution in [3.05, 3.63) is 0 Å². The van der Waals surface area contributed by atoms with Crippen molar-refractivity contribution in [3.8, 4) is 0 Å². The SMILES string of the molecule is CCN(CC)C(=O)CN1CCC(CCOSI)CC1. The van der Waals surface area contributed by atoms with Crippen molar-refractivity contribution in [1.29, 1.82) is 0 Å². The maximum Gasteiger partial charge on any atom is 0.236 e. The highest BCUT2D eigenvalue weighted by molar-refractivity contribution is 14.2. The molecule has 1 heterocycles. The lowest BCUT2D eigenvalue weighted by atomic mass is 9.94. The molecule has 0 saturated carbocycles. The summed E-state index contributed by atoms with van der Waals surface area (Å²) in [4.78, 5) is 16.2. The Kier molecular flexibility index (Phi) is 9.44. The minimum absolute atomic E-state index is 0.271. The summed E-state index contributed by atoms with van der Waals surface area (Å²) >= 11 is 2.16. The van der Waals surface area contributed by atoms with Crippen LogP contribution in [0.25, 0.3) is 0 Å². The first-order chi connectivity index (χ1) is 9.21. The average molecular weight is 400 g/mol. The van der Waals surface area contributed by atoms with E-state index in [0.29, 0.717) is 6.54 Å². The van der Waals surface area contributed by atoms with Gasteiger partial charge in [0.25, 0.3) is 0 Å². The topological polar surface area (TPSA) is 32.8 Å². The third-order valence-electron chi connectivity index (χ3n) is 3.84. The zero-order chi connectivity index (χ0) is 14.1. The molecule has 1 rings (SSSR count). The van der Waals surface area contributed by atoms with E-state index < -0.39 is 0 Å². The van der Waals surface area contributed by atoms with Gasteiger partial charge in [0.15, 0.2) is 0 Å². The van der Waals surface area contributed by atoms with Gasteiger partial charge in [0.05, 0.1) is 22.4 Å². The number of hydrogen-bond donors (Lipinski definition) is 0. The number of halogens is 1. The fraction of sp³-hybridized carbons (Fsp3) is 0.923. The first kappa shape index (κ1) is 17.5. The van der Waals surface area contributed by atoms with Gasteiger partial charge in [0.2, 0.25) is 5.91 Å². The number of amides is 1. The number of carbonyl (C=O) groups is 1. The van der Waals surface area contributed by atoms with Crippen LogP contribution in [0, 0.1) is 5.92 Å². The summed E-state index contributed by atoms with van der Waals surface area (Å²) in [7, 11) is 1.42. The van der Waals surface area contributed by atoms with Crippen molar-refractivity contribution in [1.82, 2.24) is 9.80 Å². The summed E-state index contributed by atoms with van der Waals surface area (Å²) in [6, 6.07) is 0. The van der Waals surface area contributed by atoms with Crippen LogP contribution in [-0.4, -0.2) is 55.0 Å². The molecule has 1 amide bonds. The molecule has 0 aromatic carbocycles. The van der Waals surface area contributed by atoms with Gasteiger partial charge in [-0.3, -0.25) is 9.69 Å². The lowest BCUT2D eigenvalue weighted by Crippen LogP contribution is -2.43. The van der Waals surface area contributed by atoms with Crippen LogP contribution >= 0.6 is 30.4 Å². The maximum absolute atomic E-state index is 12.0. The van der Waals surface area contributed by atoms with E-state index in [1.165, 1.54) is 22.1 Å². The smallest absolute Gasteiger partial charge is 0.236 e. The summed E-state index contributed by atoms with van der Waals surface area (Å²) in [6.07, 6.45) is 3.54. The molecule has 0 aliphatic carbocycles. The molecule has 0 N–H and O–H groups in total. The molecule has 0 radical (unpaired) electrons. The Morgan fingerprint density at radius 1 is 1.37 bits per heavy atom. The summed E-state index contributed by atoms with van der Waals surface area (Å²) in [5.74, 6) is 1.04. The lowest BCUT2D eigenvalue weighted by Gasteiger charge is -2.32. The van der Waals surface area contributed by atoms with Crippen LogP contribution in [0.15, 0.2) is 0 Å². The molecule has 19 heavy (non-hydrogen) atoms. The van der Waals surface area contributed by atoms with Gasteiger partial charge in [-0.05, 0) is 52.1 Å². The molecular weight excluding hydrogens is 375 g/mol. The van der Waals surface area contributed by atoms with E-state index in [9.17, 15) is 4.79 Å². The molecule has 1 aliphatic rings. The number of rotatable bonds is 8. The van der Waals surface area contributed by atoms with E-state index in [1.807, 2.05) is 18.7 Å². The van der Waals surface area contributed by atoms with Crippen molar-refractivity contribution in [3.63, 3.8) is 0 Å². The zero-order valence-corrected chi connectivity index (χ0v) is 14.9. The van der Waals surface area contributed by atoms with Gasteiger partial charge in [-0.2, -0.15) is 0 Å². The maximum atomic E-state index is 12.0. The van der Waals surface area contributed by atoms with Crippen LogP contribution in [0.3, 0.4) is 0 Å². The molecule has 0 aromatic rings. The van der Waals surface area contributed by atoms with Crippen molar-refractivity contribution in [2.75, 3.05) is 39.3 Å². The van der Waals surface area contributed by atoms with E-state index in [-0.39, 0.29) is 5.91 Å². The van der Waals surface area contributed by atoms with Gasteiger partial charge < -0.3 is 9.08 Å². The van der Waals surface area contributed by atoms with Crippen LogP contribution in [0.5, 0.6) is 0 Å². The van der Waals surface area contributed by atoms with Gasteiger partial charge in [0.1, 0.15) is 0 Å². The highest BCUT2D eigenvalue weighted by Gasteiger charge is 2.22. The Hall–Kier alpha value is 0.470. The van der Waals surface area contributed by atoms with Gasteiger partial charge in [-0.25, -0.2) is 0 Å². The second-order valence-electron chi connectivity index (χ2n) is 4.96. The van der Waals surface area contributed by atoms with Crippen LogP contribution in [0.1, 0.15) is 33.1 Å². The molecule has 1 saturated heterocycles. The summed E-state index contributed by atoms with van der Waals surface area (Å²) in [6.45, 7) is 9.25. The fourth-order valence-electron chi connectivity index (χ4n) is 2.55. The number of hydrogen-bond acceptors (Lipinski definition) is 4.